The van der Waals surface area contributed by atoms with Crippen molar-refractivity contribution in [2.75, 3.05) is 0 Å². The van der Waals surface area contributed by atoms with Crippen LogP contribution in [-0.4, -0.2) is 5.71 Å². The summed E-state index contributed by atoms with van der Waals surface area (Å²) in [7, 11) is 0. The topological polar surface area (TPSA) is 23.9 Å². The van der Waals surface area contributed by atoms with Gasteiger partial charge in [0.2, 0.25) is 0 Å². The lowest BCUT2D eigenvalue weighted by atomic mass is 9.91. The van der Waals surface area contributed by atoms with Gasteiger partial charge >= 0.3 is 0 Å². The van der Waals surface area contributed by atoms with Crippen LogP contribution in [0.1, 0.15) is 38.7 Å². The van der Waals surface area contributed by atoms with Crippen LogP contribution in [0.3, 0.4) is 0 Å². The molecule has 1 nitrogen and oxygen atoms in total. The van der Waals surface area contributed by atoms with E-state index in [1.165, 1.54) is 5.56 Å². The summed E-state index contributed by atoms with van der Waals surface area (Å²) in [5.74, 6) is 0.482. The van der Waals surface area contributed by atoms with Crippen molar-refractivity contribution >= 4 is 5.71 Å². The number of aryl methyl sites for hydroxylation is 1. The molecule has 0 saturated carbocycles. The molecule has 1 heteroatoms. The smallest absolute Gasteiger partial charge is 0.0117 e. The van der Waals surface area contributed by atoms with Gasteiger partial charge in [-0.15, -0.1) is 0 Å². The predicted molar refractivity (Wildman–Crippen MR) is 66.6 cm³/mol. The van der Waals surface area contributed by atoms with Crippen LogP contribution in [0.15, 0.2) is 30.3 Å². The highest BCUT2D eigenvalue weighted by Crippen LogP contribution is 2.15. The van der Waals surface area contributed by atoms with Gasteiger partial charge in [0.15, 0.2) is 0 Å². The average molecular weight is 203 g/mol. The van der Waals surface area contributed by atoms with Crippen LogP contribution in [0.25, 0.3) is 0 Å². The minimum absolute atomic E-state index is 0.482. The Hall–Kier alpha value is -1.11. The van der Waals surface area contributed by atoms with Gasteiger partial charge in [-0.3, -0.25) is 0 Å². The van der Waals surface area contributed by atoms with E-state index in [9.17, 15) is 0 Å². The van der Waals surface area contributed by atoms with Crippen molar-refractivity contribution in [3.05, 3.63) is 35.9 Å². The second kappa shape index (κ2) is 6.39. The Morgan fingerprint density at radius 2 is 1.87 bits per heavy atom. The molecule has 0 radical (unpaired) electrons. The van der Waals surface area contributed by atoms with Crippen LogP contribution in [0, 0.1) is 11.3 Å². The summed E-state index contributed by atoms with van der Waals surface area (Å²) in [5.41, 5.74) is 2.30. The Labute approximate surface area is 93.0 Å². The minimum Gasteiger partial charge on any atom is -0.309 e. The lowest BCUT2D eigenvalue weighted by Crippen LogP contribution is -2.12. The summed E-state index contributed by atoms with van der Waals surface area (Å²) in [5, 5.41) is 7.86. The molecule has 0 heterocycles. The van der Waals surface area contributed by atoms with E-state index in [0.29, 0.717) is 5.92 Å². The number of nitrogens with one attached hydrogen (secondary N) is 1. The van der Waals surface area contributed by atoms with Crippen molar-refractivity contribution in [3.63, 3.8) is 0 Å². The number of benzene rings is 1. The second-order valence-corrected chi connectivity index (χ2v) is 4.01. The van der Waals surface area contributed by atoms with Gasteiger partial charge in [0.25, 0.3) is 0 Å². The van der Waals surface area contributed by atoms with Crippen molar-refractivity contribution in [2.45, 2.75) is 39.5 Å². The van der Waals surface area contributed by atoms with Crippen LogP contribution >= 0.6 is 0 Å². The molecule has 1 aromatic carbocycles. The van der Waals surface area contributed by atoms with Crippen molar-refractivity contribution < 1.29 is 0 Å². The van der Waals surface area contributed by atoms with E-state index in [4.69, 9.17) is 5.41 Å². The van der Waals surface area contributed by atoms with Crippen LogP contribution in [0.2, 0.25) is 0 Å². The van der Waals surface area contributed by atoms with Crippen molar-refractivity contribution in [2.24, 2.45) is 5.92 Å². The zero-order chi connectivity index (χ0) is 11.1. The fourth-order valence-corrected chi connectivity index (χ4v) is 1.90. The van der Waals surface area contributed by atoms with E-state index in [1.807, 2.05) is 0 Å². The molecule has 0 saturated heterocycles. The fraction of sp³-hybridized carbons (Fsp3) is 0.500. The Kier molecular flexibility index (Phi) is 5.09. The lowest BCUT2D eigenvalue weighted by Gasteiger charge is -2.14. The Bertz CT molecular complexity index is 289. The van der Waals surface area contributed by atoms with Crippen molar-refractivity contribution in [3.8, 4) is 0 Å². The summed E-state index contributed by atoms with van der Waals surface area (Å²) < 4.78 is 0. The monoisotopic (exact) mass is 203 g/mol. The van der Waals surface area contributed by atoms with E-state index in [1.54, 1.807) is 0 Å². The van der Waals surface area contributed by atoms with E-state index in [-0.39, 0.29) is 0 Å². The molecule has 0 amide bonds. The first-order valence-corrected chi connectivity index (χ1v) is 5.89. The number of hydrogen-bond acceptors (Lipinski definition) is 1. The number of rotatable bonds is 6. The van der Waals surface area contributed by atoms with Gasteiger partial charge in [-0.25, -0.2) is 0 Å². The molecule has 1 aromatic rings. The third-order valence-electron chi connectivity index (χ3n) is 2.99. The van der Waals surface area contributed by atoms with E-state index in [0.717, 1.165) is 31.4 Å². The van der Waals surface area contributed by atoms with E-state index in [2.05, 4.69) is 44.2 Å². The summed E-state index contributed by atoms with van der Waals surface area (Å²) >= 11 is 0. The predicted octanol–water partition coefficient (Wildman–Crippen LogP) is 4.08. The maximum absolute atomic E-state index is 7.86. The molecular weight excluding hydrogens is 182 g/mol. The summed E-state index contributed by atoms with van der Waals surface area (Å²) in [6, 6.07) is 10.6. The number of hydrogen-bond donors (Lipinski definition) is 1. The molecule has 0 aliphatic heterocycles. The zero-order valence-corrected chi connectivity index (χ0v) is 9.79. The Morgan fingerprint density at radius 1 is 1.20 bits per heavy atom. The molecule has 0 bridgehead atoms. The van der Waals surface area contributed by atoms with Gasteiger partial charge in [-0.05, 0) is 37.2 Å². The van der Waals surface area contributed by atoms with Crippen LogP contribution in [0.5, 0.6) is 0 Å². The van der Waals surface area contributed by atoms with Gasteiger partial charge in [0.05, 0.1) is 0 Å². The van der Waals surface area contributed by atoms with Gasteiger partial charge in [-0.2, -0.15) is 0 Å². The van der Waals surface area contributed by atoms with E-state index < -0.39 is 0 Å². The second-order valence-electron chi connectivity index (χ2n) is 4.01. The van der Waals surface area contributed by atoms with Gasteiger partial charge in [-0.1, -0.05) is 44.2 Å². The zero-order valence-electron chi connectivity index (χ0n) is 9.79. The molecular formula is C14H21N. The first kappa shape index (κ1) is 12.0. The van der Waals surface area contributed by atoms with E-state index >= 15 is 0 Å². The van der Waals surface area contributed by atoms with Gasteiger partial charge < -0.3 is 5.41 Å². The molecule has 15 heavy (non-hydrogen) atoms. The first-order chi connectivity index (χ1) is 7.27. The minimum atomic E-state index is 0.482. The van der Waals surface area contributed by atoms with Gasteiger partial charge in [0, 0.05) is 5.71 Å². The highest BCUT2D eigenvalue weighted by molar-refractivity contribution is 5.83. The summed E-state index contributed by atoms with van der Waals surface area (Å²) in [4.78, 5) is 0. The molecule has 82 valence electrons. The average Bonchev–Trinajstić information content (AvgIpc) is 2.31. The molecule has 0 fully saturated rings. The largest absolute Gasteiger partial charge is 0.309 e. The summed E-state index contributed by atoms with van der Waals surface area (Å²) in [6.07, 6.45) is 4.21. The Balaban J connectivity index is 2.44. The molecule has 0 aliphatic carbocycles. The molecule has 0 aliphatic rings. The molecule has 0 aromatic heterocycles. The SMILES string of the molecule is CCC(=N)C(CC)CCc1ccccc1. The van der Waals surface area contributed by atoms with Crippen LogP contribution in [0.4, 0.5) is 0 Å². The fourth-order valence-electron chi connectivity index (χ4n) is 1.90. The van der Waals surface area contributed by atoms with Crippen LogP contribution < -0.4 is 0 Å². The molecule has 1 atom stereocenters. The highest BCUT2D eigenvalue weighted by atomic mass is 14.4. The molecule has 0 spiro atoms. The van der Waals surface area contributed by atoms with Crippen LogP contribution in [-0.2, 0) is 6.42 Å². The molecule has 1 rings (SSSR count). The standard InChI is InChI=1S/C14H21N/c1-3-13(14(15)4-2)11-10-12-8-6-5-7-9-12/h5-9,13,15H,3-4,10-11H2,1-2H3. The van der Waals surface area contributed by atoms with Crippen molar-refractivity contribution in [1.82, 2.24) is 0 Å². The molecule has 1 N–H and O–H groups in total. The first-order valence-electron chi connectivity index (χ1n) is 5.89. The third kappa shape index (κ3) is 3.86. The van der Waals surface area contributed by atoms with Crippen molar-refractivity contribution in [1.29, 1.82) is 5.41 Å². The maximum atomic E-state index is 7.86. The Morgan fingerprint density at radius 3 is 2.40 bits per heavy atom. The van der Waals surface area contributed by atoms with Gasteiger partial charge in [0.1, 0.15) is 0 Å². The highest BCUT2D eigenvalue weighted by Gasteiger charge is 2.10. The normalized spacial score (nSPS) is 12.4. The maximum Gasteiger partial charge on any atom is 0.0117 e. The third-order valence-corrected chi connectivity index (χ3v) is 2.99. The quantitative estimate of drug-likeness (QED) is 0.674. The summed E-state index contributed by atoms with van der Waals surface area (Å²) in [6.45, 7) is 4.26. The molecule has 1 unspecified atom stereocenters. The lowest BCUT2D eigenvalue weighted by molar-refractivity contribution is 0.594.